The number of methoxy groups -OCH3 is 1. The van der Waals surface area contributed by atoms with Crippen LogP contribution in [0.15, 0.2) is 72.8 Å². The molecule has 168 valence electrons. The van der Waals surface area contributed by atoms with Crippen LogP contribution in [-0.4, -0.2) is 32.3 Å². The molecular weight excluding hydrogens is 414 g/mol. The van der Waals surface area contributed by atoms with Gasteiger partial charge in [-0.2, -0.15) is 0 Å². The first-order valence-electron chi connectivity index (χ1n) is 11.0. The van der Waals surface area contributed by atoms with E-state index in [1.165, 1.54) is 29.4 Å². The quantitative estimate of drug-likeness (QED) is 0.376. The summed E-state index contributed by atoms with van der Waals surface area (Å²) in [7, 11) is 1.37. The van der Waals surface area contributed by atoms with Crippen LogP contribution >= 0.6 is 0 Å². The number of amides is 1. The van der Waals surface area contributed by atoms with Crippen molar-refractivity contribution in [3.05, 3.63) is 101 Å². The van der Waals surface area contributed by atoms with E-state index in [0.29, 0.717) is 25.1 Å². The molecular formula is C28H27NO4. The minimum absolute atomic E-state index is 0.0492. The van der Waals surface area contributed by atoms with E-state index < -0.39 is 6.09 Å². The summed E-state index contributed by atoms with van der Waals surface area (Å²) in [6.45, 7) is 2.65. The van der Waals surface area contributed by atoms with E-state index in [9.17, 15) is 9.59 Å². The lowest BCUT2D eigenvalue weighted by atomic mass is 9.98. The van der Waals surface area contributed by atoms with Crippen molar-refractivity contribution in [3.8, 4) is 11.1 Å². The van der Waals surface area contributed by atoms with Gasteiger partial charge in [-0.3, -0.25) is 0 Å². The van der Waals surface area contributed by atoms with Crippen molar-refractivity contribution in [1.29, 1.82) is 0 Å². The van der Waals surface area contributed by atoms with Crippen molar-refractivity contribution < 1.29 is 19.1 Å². The largest absolute Gasteiger partial charge is 0.465 e. The lowest BCUT2D eigenvalue weighted by molar-refractivity contribution is 0.0600. The summed E-state index contributed by atoms with van der Waals surface area (Å²) >= 11 is 0. The number of fused-ring (bicyclic) bond motifs is 3. The maximum Gasteiger partial charge on any atom is 0.407 e. The number of hydrogen-bond acceptors (Lipinski definition) is 4. The average Bonchev–Trinajstić information content (AvgIpc) is 3.16. The number of ether oxygens (including phenoxy) is 2. The summed E-state index contributed by atoms with van der Waals surface area (Å²) in [4.78, 5) is 24.1. The molecule has 3 aromatic carbocycles. The number of hydrogen-bond donors (Lipinski definition) is 1. The zero-order chi connectivity index (χ0) is 23.2. The number of benzene rings is 3. The highest BCUT2D eigenvalue weighted by atomic mass is 16.5. The van der Waals surface area contributed by atoms with Crippen LogP contribution in [0, 0.1) is 6.92 Å². The molecule has 0 saturated carbocycles. The smallest absolute Gasteiger partial charge is 0.407 e. The second-order valence-electron chi connectivity index (χ2n) is 7.95. The van der Waals surface area contributed by atoms with Crippen LogP contribution < -0.4 is 5.32 Å². The molecule has 1 aliphatic carbocycles. The van der Waals surface area contributed by atoms with Gasteiger partial charge in [-0.05, 0) is 52.8 Å². The molecule has 1 amide bonds. The van der Waals surface area contributed by atoms with Crippen molar-refractivity contribution in [2.24, 2.45) is 0 Å². The van der Waals surface area contributed by atoms with Crippen molar-refractivity contribution in [2.45, 2.75) is 19.3 Å². The van der Waals surface area contributed by atoms with Crippen LogP contribution in [0.4, 0.5) is 4.79 Å². The van der Waals surface area contributed by atoms with Gasteiger partial charge in [0.15, 0.2) is 0 Å². The summed E-state index contributed by atoms with van der Waals surface area (Å²) in [6.07, 6.45) is 4.13. The molecule has 5 nitrogen and oxygen atoms in total. The van der Waals surface area contributed by atoms with Gasteiger partial charge in [0.1, 0.15) is 6.61 Å². The van der Waals surface area contributed by atoms with Crippen molar-refractivity contribution in [3.63, 3.8) is 0 Å². The minimum atomic E-state index is -0.422. The second kappa shape index (κ2) is 10.2. The van der Waals surface area contributed by atoms with E-state index >= 15 is 0 Å². The van der Waals surface area contributed by atoms with Crippen LogP contribution in [0.1, 0.15) is 45.0 Å². The predicted octanol–water partition coefficient (Wildman–Crippen LogP) is 5.72. The highest BCUT2D eigenvalue weighted by Crippen LogP contribution is 2.44. The van der Waals surface area contributed by atoms with Gasteiger partial charge in [0.05, 0.1) is 12.7 Å². The average molecular weight is 442 g/mol. The van der Waals surface area contributed by atoms with E-state index in [-0.39, 0.29) is 11.9 Å². The first kappa shape index (κ1) is 22.3. The van der Waals surface area contributed by atoms with Crippen LogP contribution in [-0.2, 0) is 9.47 Å². The van der Waals surface area contributed by atoms with Crippen molar-refractivity contribution in [1.82, 2.24) is 5.32 Å². The van der Waals surface area contributed by atoms with E-state index in [1.807, 2.05) is 55.5 Å². The first-order chi connectivity index (χ1) is 16.1. The maximum atomic E-state index is 12.3. The molecule has 3 aromatic rings. The molecule has 1 aliphatic rings. The Morgan fingerprint density at radius 1 is 0.939 bits per heavy atom. The van der Waals surface area contributed by atoms with Crippen LogP contribution in [0.25, 0.3) is 17.2 Å². The third-order valence-electron chi connectivity index (χ3n) is 6.00. The van der Waals surface area contributed by atoms with E-state index in [1.54, 1.807) is 6.07 Å². The first-order valence-corrected chi connectivity index (χ1v) is 11.0. The van der Waals surface area contributed by atoms with Gasteiger partial charge in [-0.25, -0.2) is 9.59 Å². The molecule has 4 rings (SSSR count). The van der Waals surface area contributed by atoms with Gasteiger partial charge in [0, 0.05) is 12.5 Å². The summed E-state index contributed by atoms with van der Waals surface area (Å²) in [6, 6.07) is 22.1. The Morgan fingerprint density at radius 3 is 2.27 bits per heavy atom. The van der Waals surface area contributed by atoms with E-state index in [4.69, 9.17) is 9.47 Å². The Balaban J connectivity index is 1.28. The fraction of sp³-hybridized carbons (Fsp3) is 0.214. The minimum Gasteiger partial charge on any atom is -0.465 e. The zero-order valence-corrected chi connectivity index (χ0v) is 18.8. The van der Waals surface area contributed by atoms with Gasteiger partial charge >= 0.3 is 12.1 Å². The molecule has 0 fully saturated rings. The summed E-state index contributed by atoms with van der Waals surface area (Å²) in [5.41, 5.74) is 7.16. The Bertz CT molecular complexity index is 1150. The topological polar surface area (TPSA) is 64.6 Å². The number of carbonyl (C=O) groups excluding carboxylic acids is 2. The van der Waals surface area contributed by atoms with Gasteiger partial charge in [0.2, 0.25) is 0 Å². The molecule has 0 radical (unpaired) electrons. The molecule has 0 saturated heterocycles. The van der Waals surface area contributed by atoms with Crippen LogP contribution in [0.3, 0.4) is 0 Å². The lowest BCUT2D eigenvalue weighted by Gasteiger charge is -2.14. The van der Waals surface area contributed by atoms with Gasteiger partial charge in [-0.1, -0.05) is 72.8 Å². The van der Waals surface area contributed by atoms with Gasteiger partial charge in [-0.15, -0.1) is 0 Å². The molecule has 5 heteroatoms. The Kier molecular flexibility index (Phi) is 6.89. The number of carbonyl (C=O) groups is 2. The Labute approximate surface area is 194 Å². The highest BCUT2D eigenvalue weighted by Gasteiger charge is 2.28. The lowest BCUT2D eigenvalue weighted by Crippen LogP contribution is -2.26. The number of esters is 1. The van der Waals surface area contributed by atoms with E-state index in [2.05, 4.69) is 29.6 Å². The van der Waals surface area contributed by atoms with E-state index in [0.717, 1.165) is 11.1 Å². The molecule has 0 aliphatic heterocycles. The van der Waals surface area contributed by atoms with Crippen molar-refractivity contribution >= 4 is 18.1 Å². The molecule has 0 spiro atoms. The zero-order valence-electron chi connectivity index (χ0n) is 18.8. The molecule has 0 heterocycles. The molecule has 0 unspecified atom stereocenters. The Hall–Kier alpha value is -3.86. The fourth-order valence-electron chi connectivity index (χ4n) is 4.28. The molecule has 0 atom stereocenters. The van der Waals surface area contributed by atoms with Crippen LogP contribution in [0.5, 0.6) is 0 Å². The number of nitrogens with one attached hydrogen (secondary N) is 1. The van der Waals surface area contributed by atoms with Gasteiger partial charge in [0.25, 0.3) is 0 Å². The maximum absolute atomic E-state index is 12.3. The molecule has 0 bridgehead atoms. The fourth-order valence-corrected chi connectivity index (χ4v) is 4.28. The summed E-state index contributed by atoms with van der Waals surface area (Å²) in [5, 5.41) is 2.81. The van der Waals surface area contributed by atoms with Crippen molar-refractivity contribution in [2.75, 3.05) is 20.3 Å². The van der Waals surface area contributed by atoms with Gasteiger partial charge < -0.3 is 14.8 Å². The summed E-state index contributed by atoms with van der Waals surface area (Å²) in [5.74, 6) is -0.298. The molecule has 1 N–H and O–H groups in total. The standard InChI is InChI=1S/C28H27NO4/c1-19-20(11-9-16-21(19)27(30)32-2)10-7-8-17-29-28(31)33-18-26-24-14-5-3-12-22(24)23-13-4-6-15-25(23)26/h3-7,9-16,26H,8,17-18H2,1-2H3,(H,29,31). The molecule has 0 aromatic heterocycles. The molecule has 33 heavy (non-hydrogen) atoms. The third-order valence-corrected chi connectivity index (χ3v) is 6.00. The number of rotatable bonds is 7. The normalized spacial score (nSPS) is 12.3. The second-order valence-corrected chi connectivity index (χ2v) is 7.95. The van der Waals surface area contributed by atoms with Crippen LogP contribution in [0.2, 0.25) is 0 Å². The predicted molar refractivity (Wildman–Crippen MR) is 129 cm³/mol. The highest BCUT2D eigenvalue weighted by molar-refractivity contribution is 5.92. The summed E-state index contributed by atoms with van der Waals surface area (Å²) < 4.78 is 10.4. The Morgan fingerprint density at radius 2 is 1.61 bits per heavy atom. The monoisotopic (exact) mass is 441 g/mol. The number of alkyl carbamates (subject to hydrolysis) is 1. The third kappa shape index (κ3) is 4.82. The SMILES string of the molecule is COC(=O)c1cccc(C=CCCNC(=O)OCC2c3ccccc3-c3ccccc32)c1C.